The molecule has 2 aromatic rings. The zero-order valence-corrected chi connectivity index (χ0v) is 10.3. The van der Waals surface area contributed by atoms with Gasteiger partial charge in [-0.3, -0.25) is 4.98 Å². The van der Waals surface area contributed by atoms with E-state index >= 15 is 0 Å². The molecule has 0 unspecified atom stereocenters. The number of aryl methyl sites for hydroxylation is 1. The number of hydrogen-bond acceptors (Lipinski definition) is 2. The number of aromatic nitrogens is 1. The summed E-state index contributed by atoms with van der Waals surface area (Å²) >= 11 is 1.09. The van der Waals surface area contributed by atoms with Crippen molar-refractivity contribution in [1.29, 1.82) is 0 Å². The molecule has 94 valence electrons. The second-order valence-corrected chi connectivity index (χ2v) is 4.90. The first kappa shape index (κ1) is 13.0. The summed E-state index contributed by atoms with van der Waals surface area (Å²) in [5, 5.41) is 0. The molecule has 1 aromatic carbocycles. The highest BCUT2D eigenvalue weighted by Crippen LogP contribution is 2.39. The van der Waals surface area contributed by atoms with Gasteiger partial charge in [0.25, 0.3) is 0 Å². The Morgan fingerprint density at radius 2 is 1.72 bits per heavy atom. The Labute approximate surface area is 107 Å². The van der Waals surface area contributed by atoms with Gasteiger partial charge in [0, 0.05) is 22.2 Å². The van der Waals surface area contributed by atoms with Crippen molar-refractivity contribution in [2.45, 2.75) is 22.9 Å². The maximum absolute atomic E-state index is 12.9. The lowest BCUT2D eigenvalue weighted by atomic mass is 10.1. The van der Waals surface area contributed by atoms with Gasteiger partial charge in [-0.05, 0) is 31.2 Å². The molecule has 0 radical (unpaired) electrons. The maximum Gasteiger partial charge on any atom is 0.417 e. The fraction of sp³-hybridized carbons (Fsp3) is 0.154. The smallest absolute Gasteiger partial charge is 0.265 e. The Morgan fingerprint density at radius 3 is 2.33 bits per heavy atom. The zero-order valence-electron chi connectivity index (χ0n) is 9.53. The van der Waals surface area contributed by atoms with Crippen molar-refractivity contribution in [3.05, 3.63) is 53.9 Å². The van der Waals surface area contributed by atoms with Crippen LogP contribution in [0, 0.1) is 6.92 Å². The second kappa shape index (κ2) is 5.02. The normalized spacial score (nSPS) is 11.6. The first-order chi connectivity index (χ1) is 8.47. The van der Waals surface area contributed by atoms with Crippen molar-refractivity contribution in [2.24, 2.45) is 0 Å². The monoisotopic (exact) mass is 269 g/mol. The molecule has 0 spiro atoms. The summed E-state index contributed by atoms with van der Waals surface area (Å²) in [5.74, 6) is 0. The predicted octanol–water partition coefficient (Wildman–Crippen LogP) is 4.56. The molecule has 5 heteroatoms. The predicted molar refractivity (Wildman–Crippen MR) is 64.5 cm³/mol. The van der Waals surface area contributed by atoms with Gasteiger partial charge in [-0.15, -0.1) is 0 Å². The van der Waals surface area contributed by atoms with Gasteiger partial charge in [0.15, 0.2) is 0 Å². The Kier molecular flexibility index (Phi) is 3.61. The van der Waals surface area contributed by atoms with Gasteiger partial charge in [0.05, 0.1) is 5.56 Å². The molecule has 1 aromatic heterocycles. The number of rotatable bonds is 2. The molecule has 1 nitrogen and oxygen atoms in total. The minimum absolute atomic E-state index is 0.208. The summed E-state index contributed by atoms with van der Waals surface area (Å²) in [5.41, 5.74) is 0.00529. The van der Waals surface area contributed by atoms with E-state index in [1.165, 1.54) is 12.1 Å². The molecule has 0 aliphatic heterocycles. The fourth-order valence-electron chi connectivity index (χ4n) is 1.49. The van der Waals surface area contributed by atoms with E-state index in [0.717, 1.165) is 16.7 Å². The van der Waals surface area contributed by atoms with Gasteiger partial charge in [-0.25, -0.2) is 0 Å². The van der Waals surface area contributed by atoms with Crippen LogP contribution in [0.15, 0.2) is 52.5 Å². The molecule has 0 amide bonds. The van der Waals surface area contributed by atoms with Gasteiger partial charge >= 0.3 is 6.18 Å². The van der Waals surface area contributed by atoms with Crippen molar-refractivity contribution in [3.8, 4) is 0 Å². The summed E-state index contributed by atoms with van der Waals surface area (Å²) in [6.45, 7) is 1.65. The van der Waals surface area contributed by atoms with Crippen LogP contribution in [0.2, 0.25) is 0 Å². The molecule has 0 fully saturated rings. The third kappa shape index (κ3) is 3.04. The van der Waals surface area contributed by atoms with Crippen LogP contribution in [0.25, 0.3) is 0 Å². The lowest BCUT2D eigenvalue weighted by Crippen LogP contribution is -2.07. The molecule has 0 N–H and O–H groups in total. The lowest BCUT2D eigenvalue weighted by molar-refractivity contribution is -0.139. The molecule has 0 aliphatic carbocycles. The Balaban J connectivity index is 2.39. The van der Waals surface area contributed by atoms with Gasteiger partial charge in [0.2, 0.25) is 0 Å². The van der Waals surface area contributed by atoms with Crippen LogP contribution in [-0.2, 0) is 6.18 Å². The summed E-state index contributed by atoms with van der Waals surface area (Å²) < 4.78 is 38.7. The van der Waals surface area contributed by atoms with Crippen LogP contribution in [0.5, 0.6) is 0 Å². The van der Waals surface area contributed by atoms with E-state index in [1.807, 2.05) is 0 Å². The Morgan fingerprint density at radius 1 is 1.06 bits per heavy atom. The number of pyridine rings is 1. The average Bonchev–Trinajstić information content (AvgIpc) is 2.31. The minimum Gasteiger partial charge on any atom is -0.265 e. The van der Waals surface area contributed by atoms with E-state index in [-0.39, 0.29) is 4.90 Å². The fourth-order valence-corrected chi connectivity index (χ4v) is 2.42. The van der Waals surface area contributed by atoms with Crippen LogP contribution in [0.4, 0.5) is 13.2 Å². The summed E-state index contributed by atoms with van der Waals surface area (Å²) in [7, 11) is 0. The molecule has 0 saturated heterocycles. The van der Waals surface area contributed by atoms with E-state index in [4.69, 9.17) is 0 Å². The molecule has 2 rings (SSSR count). The van der Waals surface area contributed by atoms with Gasteiger partial charge < -0.3 is 0 Å². The van der Waals surface area contributed by atoms with Crippen LogP contribution < -0.4 is 0 Å². The van der Waals surface area contributed by atoms with Gasteiger partial charge in [-0.2, -0.15) is 13.2 Å². The van der Waals surface area contributed by atoms with Crippen LogP contribution in [-0.4, -0.2) is 4.98 Å². The van der Waals surface area contributed by atoms with Crippen molar-refractivity contribution < 1.29 is 13.2 Å². The van der Waals surface area contributed by atoms with E-state index in [1.54, 1.807) is 37.5 Å². The first-order valence-corrected chi connectivity index (χ1v) is 6.04. The molecule has 0 aliphatic rings. The van der Waals surface area contributed by atoms with Crippen molar-refractivity contribution in [3.63, 3.8) is 0 Å². The largest absolute Gasteiger partial charge is 0.417 e. The zero-order chi connectivity index (χ0) is 13.2. The molecule has 0 bridgehead atoms. The highest BCUT2D eigenvalue weighted by Gasteiger charge is 2.33. The minimum atomic E-state index is -4.33. The molecule has 0 atom stereocenters. The first-order valence-electron chi connectivity index (χ1n) is 5.22. The second-order valence-electron chi connectivity index (χ2n) is 3.78. The van der Waals surface area contributed by atoms with E-state index in [9.17, 15) is 13.2 Å². The topological polar surface area (TPSA) is 12.9 Å². The summed E-state index contributed by atoms with van der Waals surface area (Å²) in [4.78, 5) is 4.78. The summed E-state index contributed by atoms with van der Waals surface area (Å²) in [6.07, 6.45) is -1.21. The van der Waals surface area contributed by atoms with Gasteiger partial charge in [0.1, 0.15) is 0 Å². The number of nitrogens with zero attached hydrogens (tertiary/aromatic N) is 1. The van der Waals surface area contributed by atoms with Crippen LogP contribution >= 0.6 is 11.8 Å². The highest BCUT2D eigenvalue weighted by atomic mass is 32.2. The molecular weight excluding hydrogens is 259 g/mol. The lowest BCUT2D eigenvalue weighted by Gasteiger charge is -2.13. The number of alkyl halides is 3. The van der Waals surface area contributed by atoms with Crippen molar-refractivity contribution >= 4 is 11.8 Å². The van der Waals surface area contributed by atoms with E-state index in [0.29, 0.717) is 5.56 Å². The standard InChI is InChI=1S/C13H10F3NS/c1-9-2-3-12(11(8-9)13(14,15)16)18-10-4-6-17-7-5-10/h2-8H,1H3. The number of benzene rings is 1. The van der Waals surface area contributed by atoms with Crippen LogP contribution in [0.3, 0.4) is 0 Å². The quantitative estimate of drug-likeness (QED) is 0.792. The average molecular weight is 269 g/mol. The Hall–Kier alpha value is -1.49. The third-order valence-corrected chi connectivity index (χ3v) is 3.40. The van der Waals surface area contributed by atoms with E-state index < -0.39 is 11.7 Å². The molecule has 1 heterocycles. The third-order valence-electron chi connectivity index (χ3n) is 2.32. The highest BCUT2D eigenvalue weighted by molar-refractivity contribution is 7.99. The van der Waals surface area contributed by atoms with Crippen molar-refractivity contribution in [1.82, 2.24) is 4.98 Å². The molecule has 18 heavy (non-hydrogen) atoms. The molecular formula is C13H10F3NS. The maximum atomic E-state index is 12.9. The van der Waals surface area contributed by atoms with Crippen LogP contribution in [0.1, 0.15) is 11.1 Å². The van der Waals surface area contributed by atoms with E-state index in [2.05, 4.69) is 4.98 Å². The summed E-state index contributed by atoms with van der Waals surface area (Å²) in [6, 6.07) is 7.72. The Bertz CT molecular complexity index is 538. The van der Waals surface area contributed by atoms with Gasteiger partial charge in [-0.1, -0.05) is 23.4 Å². The molecule has 0 saturated carbocycles. The number of hydrogen-bond donors (Lipinski definition) is 0. The SMILES string of the molecule is Cc1ccc(Sc2ccncc2)c(C(F)(F)F)c1. The van der Waals surface area contributed by atoms with Crippen molar-refractivity contribution in [2.75, 3.05) is 0 Å². The number of halogens is 3.